The molecule has 1 aliphatic rings. The van der Waals surface area contributed by atoms with Crippen molar-refractivity contribution in [1.29, 1.82) is 0 Å². The smallest absolute Gasteiger partial charge is 0.255 e. The highest BCUT2D eigenvalue weighted by Gasteiger charge is 2.16. The van der Waals surface area contributed by atoms with Crippen molar-refractivity contribution in [3.8, 4) is 0 Å². The maximum atomic E-state index is 13.2. The lowest BCUT2D eigenvalue weighted by Gasteiger charge is -2.25. The number of rotatable bonds is 3. The van der Waals surface area contributed by atoms with Gasteiger partial charge in [0.1, 0.15) is 5.82 Å². The fraction of sp³-hybridized carbons (Fsp3) is 0.263. The van der Waals surface area contributed by atoms with Gasteiger partial charge in [0.15, 0.2) is 5.13 Å². The second-order valence-corrected chi connectivity index (χ2v) is 7.20. The minimum absolute atomic E-state index is 0.250. The number of carbonyl (C=O) groups is 1. The number of hydrogen-bond donors (Lipinski definition) is 1. The first-order chi connectivity index (χ1) is 12.2. The van der Waals surface area contributed by atoms with Crippen molar-refractivity contribution in [3.63, 3.8) is 0 Å². The van der Waals surface area contributed by atoms with Crippen molar-refractivity contribution >= 4 is 38.3 Å². The summed E-state index contributed by atoms with van der Waals surface area (Å²) in [6.45, 7) is 2.10. The number of piperidine rings is 1. The number of carbonyl (C=O) groups excluding carboxylic acids is 1. The van der Waals surface area contributed by atoms with E-state index in [1.54, 1.807) is 29.5 Å². The summed E-state index contributed by atoms with van der Waals surface area (Å²) in [5.74, 6) is -0.623. The molecule has 25 heavy (non-hydrogen) atoms. The van der Waals surface area contributed by atoms with Gasteiger partial charge in [0.05, 0.1) is 10.2 Å². The third-order valence-electron chi connectivity index (χ3n) is 4.35. The van der Waals surface area contributed by atoms with Crippen LogP contribution in [0, 0.1) is 5.82 Å². The van der Waals surface area contributed by atoms with Crippen LogP contribution in [0.5, 0.6) is 0 Å². The van der Waals surface area contributed by atoms with Gasteiger partial charge in [0, 0.05) is 24.3 Å². The van der Waals surface area contributed by atoms with Crippen LogP contribution in [0.15, 0.2) is 42.5 Å². The largest absolute Gasteiger partial charge is 0.348 e. The lowest BCUT2D eigenvalue weighted by Crippen LogP contribution is -2.29. The standard InChI is InChI=1S/C19H18FN3OS/c20-14-5-4-6-15(12-14)21-18(24)13-7-8-16-17(11-13)25-19(22-16)23-9-2-1-3-10-23/h4-8,11-12H,1-3,9-10H2,(H,21,24). The van der Waals surface area contributed by atoms with Crippen LogP contribution < -0.4 is 10.2 Å². The van der Waals surface area contributed by atoms with E-state index in [4.69, 9.17) is 4.98 Å². The van der Waals surface area contributed by atoms with Crippen molar-refractivity contribution in [2.24, 2.45) is 0 Å². The molecule has 0 unspecified atom stereocenters. The van der Waals surface area contributed by atoms with Crippen LogP contribution in [0.3, 0.4) is 0 Å². The summed E-state index contributed by atoms with van der Waals surface area (Å²) in [5.41, 5.74) is 1.90. The van der Waals surface area contributed by atoms with E-state index in [2.05, 4.69) is 10.2 Å². The Morgan fingerprint density at radius 2 is 1.96 bits per heavy atom. The number of anilines is 2. The molecule has 0 spiro atoms. The van der Waals surface area contributed by atoms with Crippen LogP contribution in [-0.4, -0.2) is 24.0 Å². The van der Waals surface area contributed by atoms with E-state index in [0.717, 1.165) is 28.4 Å². The molecule has 0 aliphatic carbocycles. The molecular weight excluding hydrogens is 337 g/mol. The van der Waals surface area contributed by atoms with Gasteiger partial charge in [0.25, 0.3) is 5.91 Å². The maximum Gasteiger partial charge on any atom is 0.255 e. The topological polar surface area (TPSA) is 45.2 Å². The van der Waals surface area contributed by atoms with Crippen molar-refractivity contribution in [2.75, 3.05) is 23.3 Å². The number of benzene rings is 2. The number of nitrogens with zero attached hydrogens (tertiary/aromatic N) is 2. The van der Waals surface area contributed by atoms with Crippen LogP contribution in [0.2, 0.25) is 0 Å². The second-order valence-electron chi connectivity index (χ2n) is 6.19. The molecule has 1 amide bonds. The fourth-order valence-electron chi connectivity index (χ4n) is 3.04. The Morgan fingerprint density at radius 1 is 1.12 bits per heavy atom. The van der Waals surface area contributed by atoms with Crippen LogP contribution in [0.25, 0.3) is 10.2 Å². The van der Waals surface area contributed by atoms with Crippen LogP contribution in [0.4, 0.5) is 15.2 Å². The highest BCUT2D eigenvalue weighted by Crippen LogP contribution is 2.31. The van der Waals surface area contributed by atoms with Gasteiger partial charge in [-0.3, -0.25) is 4.79 Å². The third kappa shape index (κ3) is 3.49. The quantitative estimate of drug-likeness (QED) is 0.742. The zero-order chi connectivity index (χ0) is 17.2. The SMILES string of the molecule is O=C(Nc1cccc(F)c1)c1ccc2nc(N3CCCCC3)sc2c1. The molecule has 4 rings (SSSR count). The van der Waals surface area contributed by atoms with Gasteiger partial charge in [-0.15, -0.1) is 0 Å². The molecule has 2 aromatic carbocycles. The van der Waals surface area contributed by atoms with E-state index in [-0.39, 0.29) is 11.7 Å². The first-order valence-corrected chi connectivity index (χ1v) is 9.23. The molecule has 0 atom stereocenters. The number of nitrogens with one attached hydrogen (secondary N) is 1. The van der Waals surface area contributed by atoms with Gasteiger partial charge in [-0.1, -0.05) is 17.4 Å². The summed E-state index contributed by atoms with van der Waals surface area (Å²) in [5, 5.41) is 3.75. The van der Waals surface area contributed by atoms with E-state index in [1.165, 1.54) is 31.4 Å². The van der Waals surface area contributed by atoms with E-state index >= 15 is 0 Å². The average molecular weight is 355 g/mol. The normalized spacial score (nSPS) is 14.7. The zero-order valence-corrected chi connectivity index (χ0v) is 14.5. The predicted molar refractivity (Wildman–Crippen MR) is 100 cm³/mol. The number of thiazole rings is 1. The fourth-order valence-corrected chi connectivity index (χ4v) is 4.10. The van der Waals surface area contributed by atoms with Crippen LogP contribution in [-0.2, 0) is 0 Å². The molecular formula is C19H18FN3OS. The molecule has 6 heteroatoms. The number of halogens is 1. The van der Waals surface area contributed by atoms with Gasteiger partial charge in [0.2, 0.25) is 0 Å². The molecule has 0 bridgehead atoms. The predicted octanol–water partition coefficient (Wildman–Crippen LogP) is 4.68. The Balaban J connectivity index is 1.56. The maximum absolute atomic E-state index is 13.2. The summed E-state index contributed by atoms with van der Waals surface area (Å²) >= 11 is 1.62. The first kappa shape index (κ1) is 16.0. The number of hydrogen-bond acceptors (Lipinski definition) is 4. The van der Waals surface area contributed by atoms with Gasteiger partial charge >= 0.3 is 0 Å². The Kier molecular flexibility index (Phi) is 4.36. The van der Waals surface area contributed by atoms with E-state index in [1.807, 2.05) is 12.1 Å². The molecule has 2 heterocycles. The van der Waals surface area contributed by atoms with Crippen molar-refractivity contribution < 1.29 is 9.18 Å². The minimum Gasteiger partial charge on any atom is -0.348 e. The van der Waals surface area contributed by atoms with E-state index in [0.29, 0.717) is 11.3 Å². The average Bonchev–Trinajstić information content (AvgIpc) is 3.06. The lowest BCUT2D eigenvalue weighted by molar-refractivity contribution is 0.102. The van der Waals surface area contributed by atoms with Gasteiger partial charge in [-0.2, -0.15) is 0 Å². The number of fused-ring (bicyclic) bond motifs is 1. The van der Waals surface area contributed by atoms with E-state index in [9.17, 15) is 9.18 Å². The molecule has 128 valence electrons. The Morgan fingerprint density at radius 3 is 2.76 bits per heavy atom. The summed E-state index contributed by atoms with van der Waals surface area (Å²) in [4.78, 5) is 19.4. The van der Waals surface area contributed by atoms with Crippen molar-refractivity contribution in [2.45, 2.75) is 19.3 Å². The number of amides is 1. The third-order valence-corrected chi connectivity index (χ3v) is 5.43. The van der Waals surface area contributed by atoms with Gasteiger partial charge in [-0.05, 0) is 55.7 Å². The lowest BCUT2D eigenvalue weighted by atomic mass is 10.1. The highest BCUT2D eigenvalue weighted by atomic mass is 32.1. The molecule has 0 saturated carbocycles. The van der Waals surface area contributed by atoms with Gasteiger partial charge < -0.3 is 10.2 Å². The molecule has 1 saturated heterocycles. The minimum atomic E-state index is -0.373. The highest BCUT2D eigenvalue weighted by molar-refractivity contribution is 7.22. The molecule has 3 aromatic rings. The van der Waals surface area contributed by atoms with E-state index < -0.39 is 0 Å². The Hall–Kier alpha value is -2.47. The molecule has 1 N–H and O–H groups in total. The summed E-state index contributed by atoms with van der Waals surface area (Å²) < 4.78 is 14.2. The Labute approximate surface area is 149 Å². The Bertz CT molecular complexity index is 918. The molecule has 1 aromatic heterocycles. The second kappa shape index (κ2) is 6.80. The number of aromatic nitrogens is 1. The monoisotopic (exact) mass is 355 g/mol. The molecule has 4 nitrogen and oxygen atoms in total. The molecule has 0 radical (unpaired) electrons. The zero-order valence-electron chi connectivity index (χ0n) is 13.7. The molecule has 1 fully saturated rings. The summed E-state index contributed by atoms with van der Waals surface area (Å²) in [6.07, 6.45) is 3.69. The van der Waals surface area contributed by atoms with Crippen LogP contribution in [0.1, 0.15) is 29.6 Å². The summed E-state index contributed by atoms with van der Waals surface area (Å²) in [6, 6.07) is 11.4. The van der Waals surface area contributed by atoms with Crippen molar-refractivity contribution in [1.82, 2.24) is 4.98 Å². The van der Waals surface area contributed by atoms with Crippen LogP contribution >= 0.6 is 11.3 Å². The van der Waals surface area contributed by atoms with Crippen molar-refractivity contribution in [3.05, 3.63) is 53.8 Å². The molecule has 1 aliphatic heterocycles. The van der Waals surface area contributed by atoms with Gasteiger partial charge in [-0.25, -0.2) is 9.37 Å². The first-order valence-electron chi connectivity index (χ1n) is 8.41. The summed E-state index contributed by atoms with van der Waals surface area (Å²) in [7, 11) is 0.